The van der Waals surface area contributed by atoms with Crippen LogP contribution < -0.4 is 16.2 Å². The standard InChI is InChI=1S/C18H22N4O3S/c23-14(21-18(25)20-11-5-2-1-3-6-11)9-22-10-19-16-15(17(22)24)12-7-4-8-13(12)26-16/h10-11H,1-9H2,(H2,20,21,23,25). The van der Waals surface area contributed by atoms with Crippen molar-refractivity contribution in [2.24, 2.45) is 0 Å². The molecule has 2 heterocycles. The number of rotatable bonds is 3. The fraction of sp³-hybridized carbons (Fsp3) is 0.556. The molecular weight excluding hydrogens is 352 g/mol. The number of aryl methyl sites for hydroxylation is 2. The van der Waals surface area contributed by atoms with E-state index in [9.17, 15) is 14.4 Å². The summed E-state index contributed by atoms with van der Waals surface area (Å²) in [5.41, 5.74) is 0.893. The Morgan fingerprint density at radius 3 is 2.81 bits per heavy atom. The van der Waals surface area contributed by atoms with E-state index in [0.717, 1.165) is 55.3 Å². The molecule has 2 aromatic rings. The van der Waals surface area contributed by atoms with Gasteiger partial charge in [-0.2, -0.15) is 0 Å². The molecule has 8 heteroatoms. The Balaban J connectivity index is 1.43. The highest BCUT2D eigenvalue weighted by atomic mass is 32.1. The lowest BCUT2D eigenvalue weighted by Gasteiger charge is -2.22. The second-order valence-electron chi connectivity index (χ2n) is 7.07. The Morgan fingerprint density at radius 2 is 2.00 bits per heavy atom. The summed E-state index contributed by atoms with van der Waals surface area (Å²) >= 11 is 1.57. The van der Waals surface area contributed by atoms with Crippen LogP contribution in [0.4, 0.5) is 4.79 Å². The summed E-state index contributed by atoms with van der Waals surface area (Å²) in [6, 6.07) is -0.355. The molecule has 0 aliphatic heterocycles. The van der Waals surface area contributed by atoms with Crippen LogP contribution in [0, 0.1) is 0 Å². The Kier molecular flexibility index (Phi) is 4.76. The molecule has 2 aromatic heterocycles. The summed E-state index contributed by atoms with van der Waals surface area (Å²) in [6.07, 6.45) is 9.65. The van der Waals surface area contributed by atoms with Crippen molar-refractivity contribution in [2.45, 2.75) is 64.0 Å². The lowest BCUT2D eigenvalue weighted by atomic mass is 9.96. The SMILES string of the molecule is O=C(Cn1cnc2sc3c(c2c1=O)CCC3)NC(=O)NC1CCCCC1. The minimum absolute atomic E-state index is 0.130. The number of thiophene rings is 1. The van der Waals surface area contributed by atoms with Crippen LogP contribution in [0.25, 0.3) is 10.2 Å². The number of hydrogen-bond donors (Lipinski definition) is 2. The number of amides is 3. The number of imide groups is 1. The summed E-state index contributed by atoms with van der Waals surface area (Å²) in [5, 5.41) is 5.80. The van der Waals surface area contributed by atoms with E-state index >= 15 is 0 Å². The van der Waals surface area contributed by atoms with E-state index in [1.54, 1.807) is 11.3 Å². The van der Waals surface area contributed by atoms with Gasteiger partial charge in [-0.1, -0.05) is 19.3 Å². The molecule has 138 valence electrons. The van der Waals surface area contributed by atoms with Gasteiger partial charge >= 0.3 is 6.03 Å². The summed E-state index contributed by atoms with van der Waals surface area (Å²) in [6.45, 7) is -0.204. The smallest absolute Gasteiger partial charge is 0.321 e. The van der Waals surface area contributed by atoms with E-state index in [2.05, 4.69) is 15.6 Å². The van der Waals surface area contributed by atoms with Gasteiger partial charge in [-0.3, -0.25) is 19.5 Å². The zero-order chi connectivity index (χ0) is 18.1. The molecule has 2 aliphatic rings. The van der Waals surface area contributed by atoms with Crippen LogP contribution in [-0.2, 0) is 24.2 Å². The van der Waals surface area contributed by atoms with E-state index in [-0.39, 0.29) is 18.1 Å². The van der Waals surface area contributed by atoms with Crippen molar-refractivity contribution in [1.82, 2.24) is 20.2 Å². The van der Waals surface area contributed by atoms with Crippen molar-refractivity contribution < 1.29 is 9.59 Å². The number of hydrogen-bond acceptors (Lipinski definition) is 5. The van der Waals surface area contributed by atoms with Crippen LogP contribution in [-0.4, -0.2) is 27.5 Å². The molecule has 0 saturated heterocycles. The van der Waals surface area contributed by atoms with E-state index < -0.39 is 11.9 Å². The summed E-state index contributed by atoms with van der Waals surface area (Å²) in [7, 11) is 0. The highest BCUT2D eigenvalue weighted by molar-refractivity contribution is 7.18. The normalized spacial score (nSPS) is 17.2. The van der Waals surface area contributed by atoms with Gasteiger partial charge in [-0.05, 0) is 37.7 Å². The van der Waals surface area contributed by atoms with Gasteiger partial charge in [0.15, 0.2) is 0 Å². The number of carbonyl (C=O) groups is 2. The van der Waals surface area contributed by atoms with Crippen LogP contribution in [0.5, 0.6) is 0 Å². The first-order chi connectivity index (χ1) is 12.6. The highest BCUT2D eigenvalue weighted by Gasteiger charge is 2.22. The molecule has 2 aliphatic carbocycles. The second kappa shape index (κ2) is 7.19. The van der Waals surface area contributed by atoms with Gasteiger partial charge < -0.3 is 5.32 Å². The van der Waals surface area contributed by atoms with Crippen LogP contribution in [0.2, 0.25) is 0 Å². The van der Waals surface area contributed by atoms with E-state index in [4.69, 9.17) is 0 Å². The van der Waals surface area contributed by atoms with Crippen molar-refractivity contribution in [3.63, 3.8) is 0 Å². The van der Waals surface area contributed by atoms with Gasteiger partial charge in [-0.25, -0.2) is 9.78 Å². The van der Waals surface area contributed by atoms with Gasteiger partial charge in [0.2, 0.25) is 5.91 Å². The minimum atomic E-state index is -0.506. The van der Waals surface area contributed by atoms with E-state index in [0.29, 0.717) is 5.39 Å². The first-order valence-corrected chi connectivity index (χ1v) is 10.0. The number of fused-ring (bicyclic) bond motifs is 3. The third kappa shape index (κ3) is 3.38. The fourth-order valence-electron chi connectivity index (χ4n) is 3.92. The maximum absolute atomic E-state index is 12.7. The molecule has 1 saturated carbocycles. The maximum Gasteiger partial charge on any atom is 0.321 e. The monoisotopic (exact) mass is 374 g/mol. The molecule has 1 fully saturated rings. The zero-order valence-corrected chi connectivity index (χ0v) is 15.4. The number of urea groups is 1. The van der Waals surface area contributed by atoms with Crippen molar-refractivity contribution in [3.05, 3.63) is 27.1 Å². The van der Waals surface area contributed by atoms with Crippen LogP contribution >= 0.6 is 11.3 Å². The molecule has 4 rings (SSSR count). The van der Waals surface area contributed by atoms with Crippen molar-refractivity contribution in [2.75, 3.05) is 0 Å². The van der Waals surface area contributed by atoms with Gasteiger partial charge in [0.1, 0.15) is 11.4 Å². The Bertz CT molecular complexity index is 911. The summed E-state index contributed by atoms with van der Waals surface area (Å²) in [4.78, 5) is 43.2. The third-order valence-corrected chi connectivity index (χ3v) is 6.40. The van der Waals surface area contributed by atoms with Gasteiger partial charge in [-0.15, -0.1) is 11.3 Å². The van der Waals surface area contributed by atoms with E-state index in [1.165, 1.54) is 22.2 Å². The topological polar surface area (TPSA) is 93.1 Å². The highest BCUT2D eigenvalue weighted by Crippen LogP contribution is 2.34. The quantitative estimate of drug-likeness (QED) is 0.860. The Morgan fingerprint density at radius 1 is 1.19 bits per heavy atom. The number of nitrogens with one attached hydrogen (secondary N) is 2. The predicted molar refractivity (Wildman–Crippen MR) is 99.5 cm³/mol. The summed E-state index contributed by atoms with van der Waals surface area (Å²) < 4.78 is 1.29. The number of carbonyl (C=O) groups excluding carboxylic acids is 2. The lowest BCUT2D eigenvalue weighted by Crippen LogP contribution is -2.46. The molecule has 26 heavy (non-hydrogen) atoms. The van der Waals surface area contributed by atoms with Crippen LogP contribution in [0.15, 0.2) is 11.1 Å². The molecule has 0 atom stereocenters. The molecule has 0 spiro atoms. The minimum Gasteiger partial charge on any atom is -0.335 e. The molecule has 0 aromatic carbocycles. The van der Waals surface area contributed by atoms with Crippen molar-refractivity contribution >= 4 is 33.5 Å². The Labute approximate surface area is 154 Å². The molecule has 3 amide bonds. The van der Waals surface area contributed by atoms with Gasteiger partial charge in [0, 0.05) is 10.9 Å². The fourth-order valence-corrected chi connectivity index (χ4v) is 5.14. The second-order valence-corrected chi connectivity index (χ2v) is 8.16. The molecule has 7 nitrogen and oxygen atoms in total. The van der Waals surface area contributed by atoms with Crippen LogP contribution in [0.1, 0.15) is 49.0 Å². The first kappa shape index (κ1) is 17.2. The maximum atomic E-state index is 12.7. The number of aromatic nitrogens is 2. The zero-order valence-electron chi connectivity index (χ0n) is 14.5. The molecule has 0 bridgehead atoms. The van der Waals surface area contributed by atoms with Crippen LogP contribution in [0.3, 0.4) is 0 Å². The van der Waals surface area contributed by atoms with Gasteiger partial charge in [0.05, 0.1) is 11.7 Å². The number of nitrogens with zero attached hydrogens (tertiary/aromatic N) is 2. The average molecular weight is 374 g/mol. The Hall–Kier alpha value is -2.22. The molecule has 0 unspecified atom stereocenters. The van der Waals surface area contributed by atoms with Crippen molar-refractivity contribution in [3.8, 4) is 0 Å². The van der Waals surface area contributed by atoms with Gasteiger partial charge in [0.25, 0.3) is 5.56 Å². The molecule has 0 radical (unpaired) electrons. The third-order valence-electron chi connectivity index (χ3n) is 5.20. The molecule has 2 N–H and O–H groups in total. The largest absolute Gasteiger partial charge is 0.335 e. The van der Waals surface area contributed by atoms with Crippen molar-refractivity contribution in [1.29, 1.82) is 0 Å². The van der Waals surface area contributed by atoms with E-state index in [1.807, 2.05) is 0 Å². The summed E-state index contributed by atoms with van der Waals surface area (Å²) in [5.74, 6) is -0.506. The molecular formula is C18H22N4O3S. The predicted octanol–water partition coefficient (Wildman–Crippen LogP) is 2.11. The first-order valence-electron chi connectivity index (χ1n) is 9.22. The average Bonchev–Trinajstić information content (AvgIpc) is 3.19. The lowest BCUT2D eigenvalue weighted by molar-refractivity contribution is -0.120.